The van der Waals surface area contributed by atoms with Gasteiger partial charge in [-0.05, 0) is 35.1 Å². The molecule has 0 amide bonds. The van der Waals surface area contributed by atoms with Gasteiger partial charge in [0.05, 0.1) is 11.1 Å². The second-order valence-corrected chi connectivity index (χ2v) is 6.82. The topological polar surface area (TPSA) is 99.2 Å². The third-order valence-corrected chi connectivity index (χ3v) is 4.64. The number of halogens is 1. The molecule has 7 nitrogen and oxygen atoms in total. The fourth-order valence-electron chi connectivity index (χ4n) is 1.82. The van der Waals surface area contributed by atoms with Crippen LogP contribution in [0.5, 0.6) is 0 Å². The van der Waals surface area contributed by atoms with Gasteiger partial charge in [-0.2, -0.15) is 4.98 Å². The molecular weight excluding hydrogens is 382 g/mol. The molecule has 1 unspecified atom stereocenters. The Balaban J connectivity index is 2.08. The molecule has 1 aromatic heterocycles. The third-order valence-electron chi connectivity index (χ3n) is 2.91. The van der Waals surface area contributed by atoms with Crippen LogP contribution in [0.2, 0.25) is 0 Å². The minimum absolute atomic E-state index is 0.0180. The Hall–Kier alpha value is -1.55. The van der Waals surface area contributed by atoms with Crippen molar-refractivity contribution in [1.29, 1.82) is 0 Å². The molecule has 0 fully saturated rings. The van der Waals surface area contributed by atoms with E-state index < -0.39 is 11.0 Å². The zero-order valence-electron chi connectivity index (χ0n) is 12.5. The van der Waals surface area contributed by atoms with Gasteiger partial charge in [-0.1, -0.05) is 12.2 Å². The summed E-state index contributed by atoms with van der Waals surface area (Å²) in [7, 11) is 0.478. The molecule has 0 saturated carbocycles. The summed E-state index contributed by atoms with van der Waals surface area (Å²) < 4.78 is 15.2. The van der Waals surface area contributed by atoms with Crippen molar-refractivity contribution in [2.24, 2.45) is 0 Å². The summed E-state index contributed by atoms with van der Waals surface area (Å²) in [4.78, 5) is 9.35. The molecule has 23 heavy (non-hydrogen) atoms. The van der Waals surface area contributed by atoms with Gasteiger partial charge in [0.15, 0.2) is 0 Å². The first-order valence-electron chi connectivity index (χ1n) is 6.95. The van der Waals surface area contributed by atoms with Gasteiger partial charge >= 0.3 is 0 Å². The largest absolute Gasteiger partial charge is 0.395 e. The Kier molecular flexibility index (Phi) is 6.90. The molecule has 1 heterocycles. The molecule has 124 valence electrons. The van der Waals surface area contributed by atoms with E-state index in [9.17, 15) is 4.21 Å². The molecule has 0 saturated heterocycles. The summed E-state index contributed by atoms with van der Waals surface area (Å²) >= 11 is 3.36. The van der Waals surface area contributed by atoms with Crippen LogP contribution in [0.4, 0.5) is 11.8 Å². The minimum Gasteiger partial charge on any atom is -0.395 e. The molecule has 0 radical (unpaired) electrons. The minimum atomic E-state index is -1.18. The molecule has 1 aliphatic rings. The quantitative estimate of drug-likeness (QED) is 0.556. The van der Waals surface area contributed by atoms with Crippen molar-refractivity contribution in [1.82, 2.24) is 14.7 Å². The summed E-state index contributed by atoms with van der Waals surface area (Å²) in [5.41, 5.74) is 0.819. The first kappa shape index (κ1) is 17.8. The van der Waals surface area contributed by atoms with Crippen LogP contribution in [0.1, 0.15) is 6.42 Å². The SMILES string of the molecule is CNS(=O)C1=CC=CC(Nc2ncc(Br)c(NCCO)n2)=CC1. The molecule has 2 rings (SSSR count). The van der Waals surface area contributed by atoms with E-state index in [2.05, 4.69) is 41.3 Å². The Morgan fingerprint density at radius 2 is 2.30 bits per heavy atom. The van der Waals surface area contributed by atoms with Gasteiger partial charge in [0, 0.05) is 29.8 Å². The van der Waals surface area contributed by atoms with E-state index in [1.54, 1.807) is 13.2 Å². The molecule has 4 N–H and O–H groups in total. The lowest BCUT2D eigenvalue weighted by molar-refractivity contribution is 0.311. The fraction of sp³-hybridized carbons (Fsp3) is 0.286. The van der Waals surface area contributed by atoms with Crippen LogP contribution in [0, 0.1) is 0 Å². The van der Waals surface area contributed by atoms with E-state index in [4.69, 9.17) is 5.11 Å². The summed E-state index contributed by atoms with van der Waals surface area (Å²) in [6.45, 7) is 0.422. The van der Waals surface area contributed by atoms with E-state index in [1.165, 1.54) is 0 Å². The zero-order chi connectivity index (χ0) is 16.7. The van der Waals surface area contributed by atoms with Crippen molar-refractivity contribution in [3.8, 4) is 0 Å². The van der Waals surface area contributed by atoms with Crippen LogP contribution < -0.4 is 15.4 Å². The Morgan fingerprint density at radius 1 is 1.48 bits per heavy atom. The van der Waals surface area contributed by atoms with Crippen molar-refractivity contribution in [2.45, 2.75) is 6.42 Å². The highest BCUT2D eigenvalue weighted by Crippen LogP contribution is 2.21. The number of nitrogens with one attached hydrogen (secondary N) is 3. The standard InChI is InChI=1S/C14H18BrN5O2S/c1-16-23(22)11-4-2-3-10(5-6-11)19-14-18-9-12(15)13(20-14)17-7-8-21/h2-5,9,16,21H,6-8H2,1H3,(H2,17,18,19,20). The van der Waals surface area contributed by atoms with Gasteiger partial charge in [0.1, 0.15) is 16.8 Å². The predicted molar refractivity (Wildman–Crippen MR) is 96.1 cm³/mol. The van der Waals surface area contributed by atoms with Gasteiger partial charge in [0.2, 0.25) is 5.95 Å². The molecule has 0 aromatic carbocycles. The Labute approximate surface area is 145 Å². The van der Waals surface area contributed by atoms with E-state index >= 15 is 0 Å². The monoisotopic (exact) mass is 399 g/mol. The van der Waals surface area contributed by atoms with Gasteiger partial charge in [0.25, 0.3) is 0 Å². The lowest BCUT2D eigenvalue weighted by atomic mass is 10.3. The second kappa shape index (κ2) is 8.92. The van der Waals surface area contributed by atoms with E-state index in [0.29, 0.717) is 24.7 Å². The maximum atomic E-state index is 11.8. The number of allylic oxidation sites excluding steroid dienone is 5. The van der Waals surface area contributed by atoms with Crippen LogP contribution in [-0.2, 0) is 11.0 Å². The summed E-state index contributed by atoms with van der Waals surface area (Å²) in [6.07, 6.45) is 9.65. The summed E-state index contributed by atoms with van der Waals surface area (Å²) in [5.74, 6) is 1.03. The number of aromatic nitrogens is 2. The normalized spacial score (nSPS) is 15.4. The van der Waals surface area contributed by atoms with Gasteiger partial charge in [-0.25, -0.2) is 13.9 Å². The molecular formula is C14H18BrN5O2S. The molecule has 1 atom stereocenters. The third kappa shape index (κ3) is 5.24. The maximum Gasteiger partial charge on any atom is 0.229 e. The number of nitrogens with zero attached hydrogens (tertiary/aromatic N) is 2. The summed E-state index contributed by atoms with van der Waals surface area (Å²) in [5, 5.41) is 15.0. The Morgan fingerprint density at radius 3 is 3.04 bits per heavy atom. The highest BCUT2D eigenvalue weighted by atomic mass is 79.9. The molecule has 1 aromatic rings. The average molecular weight is 400 g/mol. The second-order valence-electron chi connectivity index (χ2n) is 4.49. The van der Waals surface area contributed by atoms with Gasteiger partial charge < -0.3 is 15.7 Å². The molecule has 9 heteroatoms. The number of hydrogen-bond acceptors (Lipinski definition) is 6. The summed E-state index contributed by atoms with van der Waals surface area (Å²) in [6, 6.07) is 0. The molecule has 0 spiro atoms. The molecule has 0 aliphatic heterocycles. The fourth-order valence-corrected chi connectivity index (χ4v) is 2.85. The van der Waals surface area contributed by atoms with Crippen LogP contribution in [0.3, 0.4) is 0 Å². The number of aliphatic hydroxyl groups is 1. The zero-order valence-corrected chi connectivity index (χ0v) is 14.9. The first-order chi connectivity index (χ1) is 11.1. The Bertz CT molecular complexity index is 675. The van der Waals surface area contributed by atoms with Gasteiger partial charge in [-0.3, -0.25) is 0 Å². The predicted octanol–water partition coefficient (Wildman–Crippen LogP) is 1.67. The lowest BCUT2D eigenvalue weighted by Crippen LogP contribution is -2.12. The van der Waals surface area contributed by atoms with Crippen molar-refractivity contribution in [3.05, 3.63) is 45.6 Å². The highest BCUT2D eigenvalue weighted by Gasteiger charge is 2.08. The van der Waals surface area contributed by atoms with E-state index in [1.807, 2.05) is 24.3 Å². The van der Waals surface area contributed by atoms with Crippen LogP contribution in [-0.4, -0.2) is 39.5 Å². The van der Waals surface area contributed by atoms with E-state index in [-0.39, 0.29) is 6.61 Å². The first-order valence-corrected chi connectivity index (χ1v) is 8.89. The van der Waals surface area contributed by atoms with Crippen LogP contribution in [0.25, 0.3) is 0 Å². The smallest absolute Gasteiger partial charge is 0.229 e. The number of aliphatic hydroxyl groups excluding tert-OH is 1. The average Bonchev–Trinajstić information content (AvgIpc) is 2.80. The number of rotatable bonds is 7. The maximum absolute atomic E-state index is 11.8. The highest BCUT2D eigenvalue weighted by molar-refractivity contribution is 9.10. The lowest BCUT2D eigenvalue weighted by Gasteiger charge is -2.10. The van der Waals surface area contributed by atoms with E-state index in [0.717, 1.165) is 15.1 Å². The van der Waals surface area contributed by atoms with Crippen molar-refractivity contribution < 1.29 is 9.32 Å². The van der Waals surface area contributed by atoms with Crippen molar-refractivity contribution in [3.63, 3.8) is 0 Å². The van der Waals surface area contributed by atoms with Crippen molar-refractivity contribution >= 4 is 38.7 Å². The van der Waals surface area contributed by atoms with Crippen molar-refractivity contribution in [2.75, 3.05) is 30.8 Å². The van der Waals surface area contributed by atoms with Gasteiger partial charge in [-0.15, -0.1) is 0 Å². The number of anilines is 2. The van der Waals surface area contributed by atoms with Crippen LogP contribution >= 0.6 is 15.9 Å². The number of hydrogen-bond donors (Lipinski definition) is 4. The van der Waals surface area contributed by atoms with Crippen LogP contribution in [0.15, 0.2) is 45.6 Å². The molecule has 1 aliphatic carbocycles. The molecule has 0 bridgehead atoms.